The van der Waals surface area contributed by atoms with Crippen LogP contribution < -0.4 is 5.73 Å². The Bertz CT molecular complexity index is 606. The van der Waals surface area contributed by atoms with Crippen molar-refractivity contribution in [3.05, 3.63) is 41.0 Å². The fourth-order valence-corrected chi connectivity index (χ4v) is 2.14. The second kappa shape index (κ2) is 5.96. The zero-order valence-electron chi connectivity index (χ0n) is 11.9. The lowest BCUT2D eigenvalue weighted by molar-refractivity contribution is 0.128. The first kappa shape index (κ1) is 14.4. The molecular weight excluding hydrogens is 257 g/mol. The molecule has 0 saturated heterocycles. The van der Waals surface area contributed by atoms with E-state index in [4.69, 9.17) is 10.5 Å². The van der Waals surface area contributed by atoms with Crippen LogP contribution in [-0.4, -0.2) is 16.6 Å². The molecule has 106 valence electrons. The fourth-order valence-electron chi connectivity index (χ4n) is 2.14. The van der Waals surface area contributed by atoms with Gasteiger partial charge in [0.25, 0.3) is 0 Å². The summed E-state index contributed by atoms with van der Waals surface area (Å²) in [6, 6.07) is 4.98. The number of ether oxygens (including phenoxy) is 1. The third-order valence-electron chi connectivity index (χ3n) is 2.92. The monoisotopic (exact) mass is 275 g/mol. The Morgan fingerprint density at radius 1 is 1.20 bits per heavy atom. The summed E-state index contributed by atoms with van der Waals surface area (Å²) < 4.78 is 19.5. The molecule has 1 heterocycles. The molecule has 2 rings (SSSR count). The summed E-state index contributed by atoms with van der Waals surface area (Å²) in [5.41, 5.74) is 8.42. The van der Waals surface area contributed by atoms with Crippen molar-refractivity contribution in [2.24, 2.45) is 0 Å². The molecule has 0 spiro atoms. The fraction of sp³-hybridized carbons (Fsp3) is 0.333. The molecule has 0 unspecified atom stereocenters. The highest BCUT2D eigenvalue weighted by Crippen LogP contribution is 2.27. The Balaban J connectivity index is 2.50. The van der Waals surface area contributed by atoms with Gasteiger partial charge in [-0.3, -0.25) is 0 Å². The van der Waals surface area contributed by atoms with Gasteiger partial charge in [0, 0.05) is 18.2 Å². The molecule has 0 amide bonds. The van der Waals surface area contributed by atoms with Gasteiger partial charge in [-0.2, -0.15) is 0 Å². The van der Waals surface area contributed by atoms with Crippen LogP contribution in [0.1, 0.15) is 23.9 Å². The average Bonchev–Trinajstić information content (AvgIpc) is 2.34. The number of aromatic nitrogens is 2. The maximum absolute atomic E-state index is 14.2. The Morgan fingerprint density at radius 2 is 1.95 bits per heavy atom. The summed E-state index contributed by atoms with van der Waals surface area (Å²) in [7, 11) is 0. The molecule has 5 heteroatoms. The van der Waals surface area contributed by atoms with Gasteiger partial charge < -0.3 is 10.5 Å². The van der Waals surface area contributed by atoms with E-state index in [2.05, 4.69) is 9.97 Å². The summed E-state index contributed by atoms with van der Waals surface area (Å²) >= 11 is 0. The zero-order chi connectivity index (χ0) is 14.7. The van der Waals surface area contributed by atoms with Gasteiger partial charge in [-0.15, -0.1) is 0 Å². The van der Waals surface area contributed by atoms with Gasteiger partial charge in [0.05, 0.1) is 5.69 Å². The number of nitrogens with two attached hydrogens (primary N) is 1. The van der Waals surface area contributed by atoms with Crippen LogP contribution in [0.15, 0.2) is 18.2 Å². The highest BCUT2D eigenvalue weighted by molar-refractivity contribution is 5.66. The first-order chi connectivity index (χ1) is 9.51. The van der Waals surface area contributed by atoms with Crippen LogP contribution in [0.4, 0.5) is 10.2 Å². The van der Waals surface area contributed by atoms with Crippen LogP contribution in [0.3, 0.4) is 0 Å². The molecule has 0 saturated carbocycles. The number of hydrogen-bond acceptors (Lipinski definition) is 4. The Hall–Kier alpha value is -2.01. The topological polar surface area (TPSA) is 61.0 Å². The van der Waals surface area contributed by atoms with Gasteiger partial charge in [-0.05, 0) is 38.0 Å². The zero-order valence-corrected chi connectivity index (χ0v) is 11.9. The number of anilines is 1. The van der Waals surface area contributed by atoms with Gasteiger partial charge in [0.1, 0.15) is 18.2 Å². The lowest BCUT2D eigenvalue weighted by Crippen LogP contribution is -2.05. The van der Waals surface area contributed by atoms with Gasteiger partial charge in [-0.25, -0.2) is 14.4 Å². The Labute approximate surface area is 117 Å². The third-order valence-corrected chi connectivity index (χ3v) is 2.92. The van der Waals surface area contributed by atoms with Crippen molar-refractivity contribution < 1.29 is 9.13 Å². The number of hydrogen-bond donors (Lipinski definition) is 1. The van der Waals surface area contributed by atoms with Crippen molar-refractivity contribution in [1.29, 1.82) is 0 Å². The van der Waals surface area contributed by atoms with Crippen LogP contribution >= 0.6 is 0 Å². The van der Waals surface area contributed by atoms with Crippen LogP contribution in [0, 0.1) is 19.7 Å². The van der Waals surface area contributed by atoms with Crippen molar-refractivity contribution in [3.63, 3.8) is 0 Å². The molecular formula is C15H18FN3O. The van der Waals surface area contributed by atoms with Gasteiger partial charge in [0.15, 0.2) is 5.82 Å². The molecule has 0 aliphatic heterocycles. The van der Waals surface area contributed by atoms with E-state index in [9.17, 15) is 4.39 Å². The van der Waals surface area contributed by atoms with Crippen molar-refractivity contribution in [3.8, 4) is 11.3 Å². The van der Waals surface area contributed by atoms with E-state index in [1.807, 2.05) is 26.8 Å². The lowest BCUT2D eigenvalue weighted by atomic mass is 10.0. The smallest absolute Gasteiger partial charge is 0.157 e. The second-order valence-electron chi connectivity index (χ2n) is 4.67. The minimum absolute atomic E-state index is 0.265. The number of halogens is 1. The van der Waals surface area contributed by atoms with E-state index < -0.39 is 0 Å². The average molecular weight is 275 g/mol. The first-order valence-corrected chi connectivity index (χ1v) is 6.49. The maximum Gasteiger partial charge on any atom is 0.157 e. The first-order valence-electron chi connectivity index (χ1n) is 6.49. The SMILES string of the molecule is CCOCc1nc(N)cc(-c2c(C)cc(C)cc2F)n1. The molecule has 0 atom stereocenters. The molecule has 1 aromatic carbocycles. The molecule has 0 aliphatic rings. The molecule has 0 aliphatic carbocycles. The summed E-state index contributed by atoms with van der Waals surface area (Å²) in [5.74, 6) is 0.466. The van der Waals surface area contributed by atoms with E-state index in [-0.39, 0.29) is 12.4 Å². The summed E-state index contributed by atoms with van der Waals surface area (Å²) in [5, 5.41) is 0. The lowest BCUT2D eigenvalue weighted by Gasteiger charge is -2.10. The van der Waals surface area contributed by atoms with Crippen molar-refractivity contribution >= 4 is 5.82 Å². The minimum atomic E-state index is -0.303. The van der Waals surface area contributed by atoms with E-state index in [0.717, 1.165) is 11.1 Å². The molecule has 4 nitrogen and oxygen atoms in total. The van der Waals surface area contributed by atoms with E-state index in [1.54, 1.807) is 6.07 Å². The van der Waals surface area contributed by atoms with E-state index in [0.29, 0.717) is 29.5 Å². The molecule has 1 aromatic heterocycles. The number of aryl methyl sites for hydroxylation is 2. The van der Waals surface area contributed by atoms with Crippen LogP contribution in [0.5, 0.6) is 0 Å². The van der Waals surface area contributed by atoms with Crippen molar-refractivity contribution in [2.75, 3.05) is 12.3 Å². The van der Waals surface area contributed by atoms with Crippen molar-refractivity contribution in [2.45, 2.75) is 27.4 Å². The quantitative estimate of drug-likeness (QED) is 0.931. The van der Waals surface area contributed by atoms with Crippen LogP contribution in [-0.2, 0) is 11.3 Å². The summed E-state index contributed by atoms with van der Waals surface area (Å²) in [4.78, 5) is 8.43. The predicted octanol–water partition coefficient (Wildman–Crippen LogP) is 3.02. The van der Waals surface area contributed by atoms with Crippen LogP contribution in [0.25, 0.3) is 11.3 Å². The van der Waals surface area contributed by atoms with Crippen molar-refractivity contribution in [1.82, 2.24) is 9.97 Å². The number of rotatable bonds is 4. The maximum atomic E-state index is 14.2. The molecule has 0 bridgehead atoms. The van der Waals surface area contributed by atoms with E-state index in [1.165, 1.54) is 6.07 Å². The van der Waals surface area contributed by atoms with Gasteiger partial charge in [0.2, 0.25) is 0 Å². The number of nitrogens with zero attached hydrogens (tertiary/aromatic N) is 2. The third kappa shape index (κ3) is 3.11. The Morgan fingerprint density at radius 3 is 2.60 bits per heavy atom. The van der Waals surface area contributed by atoms with Gasteiger partial charge >= 0.3 is 0 Å². The Kier molecular flexibility index (Phi) is 4.29. The standard InChI is InChI=1S/C15H18FN3O/c1-4-20-8-14-18-12(7-13(17)19-14)15-10(3)5-9(2)6-11(15)16/h5-7H,4,8H2,1-3H3,(H2,17,18,19). The van der Waals surface area contributed by atoms with Crippen LogP contribution in [0.2, 0.25) is 0 Å². The molecule has 2 aromatic rings. The molecule has 0 radical (unpaired) electrons. The summed E-state index contributed by atoms with van der Waals surface area (Å²) in [6.45, 7) is 6.42. The second-order valence-corrected chi connectivity index (χ2v) is 4.67. The molecule has 20 heavy (non-hydrogen) atoms. The highest BCUT2D eigenvalue weighted by atomic mass is 19.1. The number of benzene rings is 1. The normalized spacial score (nSPS) is 10.8. The predicted molar refractivity (Wildman–Crippen MR) is 76.6 cm³/mol. The molecule has 0 fully saturated rings. The molecule has 2 N–H and O–H groups in total. The minimum Gasteiger partial charge on any atom is -0.384 e. The largest absolute Gasteiger partial charge is 0.384 e. The summed E-state index contributed by atoms with van der Waals surface area (Å²) in [6.07, 6.45) is 0. The number of nitrogen functional groups attached to an aromatic ring is 1. The van der Waals surface area contributed by atoms with Gasteiger partial charge in [-0.1, -0.05) is 6.07 Å². The highest BCUT2D eigenvalue weighted by Gasteiger charge is 2.13. The van der Waals surface area contributed by atoms with E-state index >= 15 is 0 Å².